The number of alkyl halides is 6. The van der Waals surface area contributed by atoms with E-state index in [2.05, 4.69) is 5.32 Å². The molecular formula is C18H14F7N. The van der Waals surface area contributed by atoms with E-state index in [9.17, 15) is 30.7 Å². The first-order valence-electron chi connectivity index (χ1n) is 7.84. The number of hydrogen-bond acceptors (Lipinski definition) is 1. The summed E-state index contributed by atoms with van der Waals surface area (Å²) in [7, 11) is 0. The van der Waals surface area contributed by atoms with Gasteiger partial charge in [-0.1, -0.05) is 6.07 Å². The van der Waals surface area contributed by atoms with Crippen LogP contribution in [-0.4, -0.2) is 0 Å². The Morgan fingerprint density at radius 2 is 1.50 bits per heavy atom. The molecular weight excluding hydrogens is 363 g/mol. The Morgan fingerprint density at radius 1 is 0.885 bits per heavy atom. The van der Waals surface area contributed by atoms with Gasteiger partial charge in [-0.25, -0.2) is 4.39 Å². The molecule has 0 aliphatic heterocycles. The minimum atomic E-state index is -4.87. The molecule has 0 amide bonds. The summed E-state index contributed by atoms with van der Waals surface area (Å²) in [5, 5.41) is 2.97. The van der Waals surface area contributed by atoms with E-state index in [1.165, 1.54) is 12.1 Å². The molecule has 0 heterocycles. The Morgan fingerprint density at radius 3 is 2.08 bits per heavy atom. The maximum absolute atomic E-state index is 13.2. The quantitative estimate of drug-likeness (QED) is 0.683. The lowest BCUT2D eigenvalue weighted by atomic mass is 10.0. The summed E-state index contributed by atoms with van der Waals surface area (Å²) < 4.78 is 90.6. The number of aryl methyl sites for hydroxylation is 1. The second-order valence-electron chi connectivity index (χ2n) is 6.23. The van der Waals surface area contributed by atoms with Crippen LogP contribution in [0.4, 0.5) is 30.7 Å². The highest BCUT2D eigenvalue weighted by molar-refractivity contribution is 5.36. The van der Waals surface area contributed by atoms with E-state index < -0.39 is 23.5 Å². The lowest BCUT2D eigenvalue weighted by Crippen LogP contribution is -2.20. The third kappa shape index (κ3) is 4.00. The number of benzene rings is 2. The normalized spacial score (nSPS) is 17.4. The maximum atomic E-state index is 13.2. The van der Waals surface area contributed by atoms with Crippen LogP contribution in [0.1, 0.15) is 40.3 Å². The number of nitrogens with one attached hydrogen (secondary N) is 1. The van der Waals surface area contributed by atoms with Gasteiger partial charge in [0.1, 0.15) is 5.82 Å². The molecule has 1 N–H and O–H groups in total. The molecule has 0 saturated heterocycles. The fourth-order valence-corrected chi connectivity index (χ4v) is 3.16. The van der Waals surface area contributed by atoms with Gasteiger partial charge in [0.05, 0.1) is 11.1 Å². The van der Waals surface area contributed by atoms with Gasteiger partial charge in [-0.15, -0.1) is 0 Å². The lowest BCUT2D eigenvalue weighted by molar-refractivity contribution is -0.143. The predicted molar refractivity (Wildman–Crippen MR) is 80.7 cm³/mol. The molecule has 1 aliphatic rings. The van der Waals surface area contributed by atoms with Crippen molar-refractivity contribution in [3.05, 3.63) is 70.0 Å². The molecule has 0 radical (unpaired) electrons. The van der Waals surface area contributed by atoms with Crippen molar-refractivity contribution in [2.75, 3.05) is 0 Å². The average Bonchev–Trinajstić information content (AvgIpc) is 2.93. The van der Waals surface area contributed by atoms with Crippen LogP contribution >= 0.6 is 0 Å². The Labute approximate surface area is 144 Å². The van der Waals surface area contributed by atoms with Crippen molar-refractivity contribution in [2.45, 2.75) is 37.8 Å². The highest BCUT2D eigenvalue weighted by Gasteiger charge is 2.37. The van der Waals surface area contributed by atoms with Crippen molar-refractivity contribution < 1.29 is 30.7 Å². The topological polar surface area (TPSA) is 12.0 Å². The van der Waals surface area contributed by atoms with Crippen LogP contribution in [0.5, 0.6) is 0 Å². The summed E-state index contributed by atoms with van der Waals surface area (Å²) in [5.41, 5.74) is -1.17. The lowest BCUT2D eigenvalue weighted by Gasteiger charge is -2.17. The van der Waals surface area contributed by atoms with E-state index in [1.54, 1.807) is 6.07 Å². The molecule has 1 nitrogen and oxygen atoms in total. The monoisotopic (exact) mass is 377 g/mol. The standard InChI is InChI=1S/C18H14F7N/c19-14-2-3-15-11(7-14)1-4-16(15)26-9-10-5-12(17(20,21)22)8-13(6-10)18(23,24)25/h2-3,5-8,16,26H,1,4,9H2. The van der Waals surface area contributed by atoms with E-state index in [1.807, 2.05) is 0 Å². The molecule has 26 heavy (non-hydrogen) atoms. The van der Waals surface area contributed by atoms with Crippen LogP contribution in [0.3, 0.4) is 0 Å². The number of hydrogen-bond donors (Lipinski definition) is 1. The Balaban J connectivity index is 1.82. The molecule has 140 valence electrons. The zero-order valence-electron chi connectivity index (χ0n) is 13.3. The van der Waals surface area contributed by atoms with Gasteiger partial charge in [-0.05, 0) is 59.9 Å². The highest BCUT2D eigenvalue weighted by atomic mass is 19.4. The fraction of sp³-hybridized carbons (Fsp3) is 0.333. The van der Waals surface area contributed by atoms with E-state index in [0.29, 0.717) is 25.0 Å². The van der Waals surface area contributed by atoms with Crippen LogP contribution in [0.15, 0.2) is 36.4 Å². The summed E-state index contributed by atoms with van der Waals surface area (Å²) in [6, 6.07) is 5.55. The number of fused-ring (bicyclic) bond motifs is 1. The molecule has 3 rings (SSSR count). The van der Waals surface area contributed by atoms with Gasteiger partial charge in [0.25, 0.3) is 0 Å². The summed E-state index contributed by atoms with van der Waals surface area (Å²) in [6.07, 6.45) is -8.54. The molecule has 2 aromatic rings. The molecule has 0 spiro atoms. The Hall–Kier alpha value is -2.09. The van der Waals surface area contributed by atoms with Crippen molar-refractivity contribution in [2.24, 2.45) is 0 Å². The van der Waals surface area contributed by atoms with Gasteiger partial charge in [0.2, 0.25) is 0 Å². The third-order valence-electron chi connectivity index (χ3n) is 4.38. The smallest absolute Gasteiger partial charge is 0.306 e. The summed E-state index contributed by atoms with van der Waals surface area (Å²) in [4.78, 5) is 0. The molecule has 8 heteroatoms. The van der Waals surface area contributed by atoms with E-state index in [-0.39, 0.29) is 30.0 Å². The second kappa shape index (κ2) is 6.57. The van der Waals surface area contributed by atoms with E-state index >= 15 is 0 Å². The Bertz CT molecular complexity index is 776. The third-order valence-corrected chi connectivity index (χ3v) is 4.38. The van der Waals surface area contributed by atoms with Crippen LogP contribution in [0.25, 0.3) is 0 Å². The van der Waals surface area contributed by atoms with Gasteiger partial charge in [0.15, 0.2) is 0 Å². The number of halogens is 7. The first kappa shape index (κ1) is 18.7. The molecule has 0 aromatic heterocycles. The van der Waals surface area contributed by atoms with Gasteiger partial charge in [-0.2, -0.15) is 26.3 Å². The molecule has 2 aromatic carbocycles. The average molecular weight is 377 g/mol. The van der Waals surface area contributed by atoms with Gasteiger partial charge in [-0.3, -0.25) is 0 Å². The van der Waals surface area contributed by atoms with Crippen molar-refractivity contribution in [3.8, 4) is 0 Å². The zero-order chi connectivity index (χ0) is 19.1. The minimum Gasteiger partial charge on any atom is -0.306 e. The summed E-state index contributed by atoms with van der Waals surface area (Å²) in [5.74, 6) is -0.378. The molecule has 0 bridgehead atoms. The SMILES string of the molecule is Fc1ccc2c(c1)CCC2NCc1cc(C(F)(F)F)cc(C(F)(F)F)c1. The highest BCUT2D eigenvalue weighted by Crippen LogP contribution is 2.37. The van der Waals surface area contributed by atoms with Gasteiger partial charge < -0.3 is 5.32 Å². The summed E-state index contributed by atoms with van der Waals surface area (Å²) >= 11 is 0. The second-order valence-corrected chi connectivity index (χ2v) is 6.23. The maximum Gasteiger partial charge on any atom is 0.416 e. The molecule has 1 unspecified atom stereocenters. The predicted octanol–water partition coefficient (Wildman–Crippen LogP) is 5.64. The van der Waals surface area contributed by atoms with Crippen molar-refractivity contribution >= 4 is 0 Å². The number of rotatable bonds is 3. The van der Waals surface area contributed by atoms with E-state index in [0.717, 1.165) is 11.1 Å². The molecule has 0 saturated carbocycles. The van der Waals surface area contributed by atoms with Crippen LogP contribution in [0.2, 0.25) is 0 Å². The van der Waals surface area contributed by atoms with Crippen LogP contribution in [-0.2, 0) is 25.3 Å². The van der Waals surface area contributed by atoms with Crippen molar-refractivity contribution in [1.29, 1.82) is 0 Å². The van der Waals surface area contributed by atoms with Gasteiger partial charge in [0, 0.05) is 12.6 Å². The van der Waals surface area contributed by atoms with Crippen molar-refractivity contribution in [3.63, 3.8) is 0 Å². The summed E-state index contributed by atoms with van der Waals surface area (Å²) in [6.45, 7) is -0.158. The minimum absolute atomic E-state index is 0.108. The van der Waals surface area contributed by atoms with Gasteiger partial charge >= 0.3 is 12.4 Å². The first-order valence-corrected chi connectivity index (χ1v) is 7.84. The molecule has 0 fully saturated rings. The molecule has 1 aliphatic carbocycles. The van der Waals surface area contributed by atoms with Crippen LogP contribution in [0, 0.1) is 5.82 Å². The molecule has 1 atom stereocenters. The van der Waals surface area contributed by atoms with Crippen LogP contribution < -0.4 is 5.32 Å². The first-order chi connectivity index (χ1) is 12.0. The van der Waals surface area contributed by atoms with Crippen molar-refractivity contribution in [1.82, 2.24) is 5.32 Å². The Kier molecular flexibility index (Phi) is 4.72. The zero-order valence-corrected chi connectivity index (χ0v) is 13.3. The fourth-order valence-electron chi connectivity index (χ4n) is 3.16. The largest absolute Gasteiger partial charge is 0.416 e. The van der Waals surface area contributed by atoms with E-state index in [4.69, 9.17) is 0 Å².